The molecule has 0 atom stereocenters. The van der Waals surface area contributed by atoms with Gasteiger partial charge in [0, 0.05) is 47.6 Å². The van der Waals surface area contributed by atoms with E-state index in [1.165, 1.54) is 0 Å². The van der Waals surface area contributed by atoms with E-state index >= 15 is 0 Å². The van der Waals surface area contributed by atoms with Gasteiger partial charge in [0.25, 0.3) is 0 Å². The van der Waals surface area contributed by atoms with Gasteiger partial charge >= 0.3 is 0 Å². The first-order valence-electron chi connectivity index (χ1n) is 31.7. The zero-order valence-corrected chi connectivity index (χ0v) is 28.5. The molecule has 0 N–H and O–H groups in total. The maximum absolute atomic E-state index is 9.79. The first kappa shape index (κ1) is 13.8. The van der Waals surface area contributed by atoms with Crippen LogP contribution in [0.5, 0.6) is 0 Å². The number of para-hydroxylation sites is 1. The average molecular weight is 765 g/mol. The van der Waals surface area contributed by atoms with E-state index < -0.39 is 292 Å². The summed E-state index contributed by atoms with van der Waals surface area (Å²) >= 11 is 0.485. The van der Waals surface area contributed by atoms with Crippen molar-refractivity contribution < 1.29 is 46.9 Å². The summed E-state index contributed by atoms with van der Waals surface area (Å²) in [5.41, 5.74) is -7.92. The fourth-order valence-electron chi connectivity index (χ4n) is 6.01. The molecule has 5 heteroatoms. The molecule has 0 spiro atoms. The molecule has 11 rings (SSSR count). The van der Waals surface area contributed by atoms with Crippen molar-refractivity contribution in [2.24, 2.45) is 0 Å². The van der Waals surface area contributed by atoms with Gasteiger partial charge in [0.1, 0.15) is 11.2 Å². The van der Waals surface area contributed by atoms with Gasteiger partial charge in [-0.1, -0.05) is 157 Å². The van der Waals surface area contributed by atoms with E-state index in [9.17, 15) is 13.7 Å². The van der Waals surface area contributed by atoms with Gasteiger partial charge in [0.05, 0.1) is 42.5 Å². The van der Waals surface area contributed by atoms with E-state index in [1.807, 2.05) is 0 Å². The molecule has 3 heterocycles. The predicted octanol–water partition coefficient (Wildman–Crippen LogP) is 14.1. The maximum atomic E-state index is 9.79. The average Bonchev–Trinajstić information content (AvgIpc) is 1.65. The van der Waals surface area contributed by atoms with Gasteiger partial charge in [0.15, 0.2) is 17.5 Å². The highest BCUT2D eigenvalue weighted by Crippen LogP contribution is 2.46. The van der Waals surface area contributed by atoms with Crippen molar-refractivity contribution in [3.05, 3.63) is 187 Å². The van der Waals surface area contributed by atoms with Crippen LogP contribution in [0.4, 0.5) is 0 Å². The van der Waals surface area contributed by atoms with Gasteiger partial charge in [-0.2, -0.15) is 0 Å². The third-order valence-electron chi connectivity index (χ3n) is 8.39. The SMILES string of the molecule is [2H]c1c([2H])c([2H])c(-c2nc(-c3c([2H])c([2H])c([2H])c([2H])c3[2H])nc(-c3c([2H])c([2H])c([2H])c(-c4c([2H])c([2H])c5c(sc6c([2H])c([2H])c([2H])c(-c7c([2H])c([2H])c([2H])c([2H])c7-c7c([2H])c([2H])c([2H])c8oc9c([2H])c([2H])c([2H])c([2H])c9c78)c65)c4[2H])c3[2H])n2)c([2H])c1[2H]. The molecule has 3 aromatic heterocycles. The number of hydrogen-bond donors (Lipinski definition) is 0. The Balaban J connectivity index is 1.25. The molecule has 0 bridgehead atoms. The molecule has 0 amide bonds. The third kappa shape index (κ3) is 5.48. The van der Waals surface area contributed by atoms with Crippen LogP contribution in [0.1, 0.15) is 42.5 Å². The Morgan fingerprint density at radius 3 is 1.61 bits per heavy atom. The van der Waals surface area contributed by atoms with Gasteiger partial charge in [-0.25, -0.2) is 15.0 Å². The Morgan fingerprint density at radius 1 is 0.357 bits per heavy atom. The molecular formula is C51H31N3OS. The van der Waals surface area contributed by atoms with Crippen molar-refractivity contribution in [3.8, 4) is 67.5 Å². The van der Waals surface area contributed by atoms with E-state index in [0.29, 0.717) is 11.3 Å². The van der Waals surface area contributed by atoms with Crippen molar-refractivity contribution in [2.45, 2.75) is 0 Å². The lowest BCUT2D eigenvalue weighted by atomic mass is 9.90. The number of benzene rings is 8. The standard InChI is InChI=1S/C51H31N3OS/c1-3-14-32(15-4-1)49-52-50(33-16-5-2-6-17-33)54-51(53-49)36-19-11-18-34(30-36)35-28-29-42-46(31-35)56-45-27-13-24-40(48(42)45)38-21-8-7-20-37(38)39-23-12-26-44-47(39)41-22-9-10-25-43(41)55-44/h1-31H/i1D,2D,3D,4D,5D,6D,7D,8D,9D,10D,11D,12D,13D,14D,15D,16D,17D,18D,19D,20D,21D,22D,23D,24D,25D,26D,27D,28D,29D,30D,31D. The van der Waals surface area contributed by atoms with Crippen molar-refractivity contribution in [1.82, 2.24) is 15.0 Å². The van der Waals surface area contributed by atoms with Crippen LogP contribution in [-0.2, 0) is 0 Å². The summed E-state index contributed by atoms with van der Waals surface area (Å²) in [6.07, 6.45) is 0. The van der Waals surface area contributed by atoms with Crippen LogP contribution < -0.4 is 0 Å². The number of rotatable bonds is 6. The summed E-state index contributed by atoms with van der Waals surface area (Å²) in [5, 5.41) is -1.90. The normalized spacial score (nSPS) is 19.3. The minimum Gasteiger partial charge on any atom is -0.456 e. The Kier molecular flexibility index (Phi) is 3.28. The fraction of sp³-hybridized carbons (Fsp3) is 0. The van der Waals surface area contributed by atoms with Crippen LogP contribution in [0.15, 0.2) is 192 Å². The van der Waals surface area contributed by atoms with Crippen LogP contribution in [0.3, 0.4) is 0 Å². The largest absolute Gasteiger partial charge is 0.456 e. The van der Waals surface area contributed by atoms with Gasteiger partial charge < -0.3 is 4.42 Å². The highest BCUT2D eigenvalue weighted by molar-refractivity contribution is 7.26. The quantitative estimate of drug-likeness (QED) is 0.169. The fourth-order valence-corrected chi connectivity index (χ4v) is 7.03. The molecular weight excluding hydrogens is 703 g/mol. The molecule has 0 saturated carbocycles. The van der Waals surface area contributed by atoms with Crippen molar-refractivity contribution in [1.29, 1.82) is 0 Å². The zero-order valence-electron chi connectivity index (χ0n) is 58.7. The predicted molar refractivity (Wildman–Crippen MR) is 233 cm³/mol. The van der Waals surface area contributed by atoms with Crippen molar-refractivity contribution >= 4 is 53.4 Å². The molecule has 0 aliphatic heterocycles. The molecule has 11 aromatic rings. The van der Waals surface area contributed by atoms with Crippen LogP contribution in [0.2, 0.25) is 0 Å². The molecule has 0 radical (unpaired) electrons. The van der Waals surface area contributed by atoms with E-state index in [4.69, 9.17) is 33.2 Å². The van der Waals surface area contributed by atoms with Crippen molar-refractivity contribution in [2.75, 3.05) is 0 Å². The number of hydrogen-bond acceptors (Lipinski definition) is 5. The van der Waals surface area contributed by atoms with E-state index in [2.05, 4.69) is 15.0 Å². The van der Waals surface area contributed by atoms with Gasteiger partial charge in [-0.3, -0.25) is 0 Å². The van der Waals surface area contributed by atoms with Crippen LogP contribution in [-0.4, -0.2) is 15.0 Å². The van der Waals surface area contributed by atoms with Crippen LogP contribution >= 0.6 is 11.3 Å². The zero-order chi connectivity index (χ0) is 64.0. The smallest absolute Gasteiger partial charge is 0.164 e. The van der Waals surface area contributed by atoms with Crippen molar-refractivity contribution in [3.63, 3.8) is 0 Å². The highest BCUT2D eigenvalue weighted by atomic mass is 32.1. The second-order valence-electron chi connectivity index (χ2n) is 11.6. The van der Waals surface area contributed by atoms with E-state index in [1.54, 1.807) is 0 Å². The van der Waals surface area contributed by atoms with E-state index in [0.717, 1.165) is 0 Å². The molecule has 0 saturated heterocycles. The number of nitrogens with zero attached hydrogens (tertiary/aromatic N) is 3. The molecule has 0 unspecified atom stereocenters. The number of furan rings is 1. The van der Waals surface area contributed by atoms with Crippen LogP contribution in [0, 0.1) is 0 Å². The first-order chi connectivity index (χ1) is 40.6. The second-order valence-corrected chi connectivity index (χ2v) is 12.6. The lowest BCUT2D eigenvalue weighted by Gasteiger charge is -2.13. The Hall–Kier alpha value is -7.21. The summed E-state index contributed by atoms with van der Waals surface area (Å²) in [6.45, 7) is 0. The molecule has 4 nitrogen and oxygen atoms in total. The lowest BCUT2D eigenvalue weighted by molar-refractivity contribution is 0.669. The Bertz CT molecular complexity index is 4930. The molecule has 8 aromatic carbocycles. The van der Waals surface area contributed by atoms with Crippen LogP contribution in [0.25, 0.3) is 110 Å². The molecule has 0 aliphatic rings. The van der Waals surface area contributed by atoms with Gasteiger partial charge in [0.2, 0.25) is 0 Å². The summed E-state index contributed by atoms with van der Waals surface area (Å²) in [6, 6.07) is -28.2. The van der Waals surface area contributed by atoms with E-state index in [-0.39, 0.29) is 4.70 Å². The second kappa shape index (κ2) is 13.3. The summed E-state index contributed by atoms with van der Waals surface area (Å²) in [7, 11) is 0. The number of fused-ring (bicyclic) bond motifs is 6. The topological polar surface area (TPSA) is 51.8 Å². The van der Waals surface area contributed by atoms with Gasteiger partial charge in [-0.05, 0) is 63.6 Å². The Morgan fingerprint density at radius 2 is 0.875 bits per heavy atom. The first-order valence-corrected chi connectivity index (χ1v) is 17.0. The number of thiophene rings is 1. The molecule has 56 heavy (non-hydrogen) atoms. The monoisotopic (exact) mass is 764 g/mol. The van der Waals surface area contributed by atoms with Gasteiger partial charge in [-0.15, -0.1) is 11.3 Å². The maximum Gasteiger partial charge on any atom is 0.164 e. The number of aromatic nitrogens is 3. The third-order valence-corrected chi connectivity index (χ3v) is 9.41. The summed E-state index contributed by atoms with van der Waals surface area (Å²) in [5.74, 6) is -2.56. The highest BCUT2D eigenvalue weighted by Gasteiger charge is 2.19. The minimum absolute atomic E-state index is 0.356. The molecule has 0 fully saturated rings. The molecule has 0 aliphatic carbocycles. The summed E-state index contributed by atoms with van der Waals surface area (Å²) in [4.78, 5) is 12.7. The Labute approximate surface area is 370 Å². The lowest BCUT2D eigenvalue weighted by Crippen LogP contribution is -2.00. The minimum atomic E-state index is -1.05. The molecule has 262 valence electrons. The summed E-state index contributed by atoms with van der Waals surface area (Å²) < 4.78 is 282.